The van der Waals surface area contributed by atoms with Crippen LogP contribution in [-0.2, 0) is 4.79 Å². The number of thioether (sulfide) groups is 1. The molecule has 0 saturated heterocycles. The molecule has 1 heterocycles. The molecule has 1 N–H and O–H groups in total. The highest BCUT2D eigenvalue weighted by atomic mass is 32.2. The molecule has 0 aliphatic carbocycles. The lowest BCUT2D eigenvalue weighted by Crippen LogP contribution is -2.31. The minimum absolute atomic E-state index is 0.00116. The standard InChI is InChI=1S/C17H20N2OS/c1-3-4-9-21-17-15(11-18)14(10-16(20)19-17)13-8-6-5-7-12(13)2/h5-8,14H,3-4,9-10H2,1-2H3,(H,19,20)/t14-/m1/s1. The number of carbonyl (C=O) groups is 1. The van der Waals surface area contributed by atoms with Crippen molar-refractivity contribution >= 4 is 17.7 Å². The quantitative estimate of drug-likeness (QED) is 0.840. The maximum Gasteiger partial charge on any atom is 0.225 e. The predicted molar refractivity (Wildman–Crippen MR) is 86.7 cm³/mol. The average molecular weight is 300 g/mol. The number of amides is 1. The number of nitrogens with one attached hydrogen (secondary N) is 1. The van der Waals surface area contributed by atoms with Gasteiger partial charge in [-0.05, 0) is 30.2 Å². The Hall–Kier alpha value is -1.73. The van der Waals surface area contributed by atoms with Crippen LogP contribution in [0, 0.1) is 18.3 Å². The van der Waals surface area contributed by atoms with Gasteiger partial charge < -0.3 is 5.32 Å². The highest BCUT2D eigenvalue weighted by Gasteiger charge is 2.30. The minimum atomic E-state index is -0.117. The van der Waals surface area contributed by atoms with Crippen LogP contribution in [0.3, 0.4) is 0 Å². The molecule has 1 aromatic carbocycles. The number of unbranched alkanes of at least 4 members (excludes halogenated alkanes) is 1. The fourth-order valence-electron chi connectivity index (χ4n) is 2.50. The first-order valence-corrected chi connectivity index (χ1v) is 8.28. The molecule has 0 fully saturated rings. The number of allylic oxidation sites excluding steroid dienone is 1. The Morgan fingerprint density at radius 2 is 2.19 bits per heavy atom. The van der Waals surface area contributed by atoms with E-state index in [1.807, 2.05) is 31.2 Å². The Kier molecular flexibility index (Phi) is 5.46. The second-order valence-corrected chi connectivity index (χ2v) is 6.32. The third-order valence-electron chi connectivity index (χ3n) is 3.66. The van der Waals surface area contributed by atoms with Crippen molar-refractivity contribution in [2.24, 2.45) is 0 Å². The van der Waals surface area contributed by atoms with Crippen LogP contribution in [-0.4, -0.2) is 11.7 Å². The molecular weight excluding hydrogens is 280 g/mol. The summed E-state index contributed by atoms with van der Waals surface area (Å²) in [4.78, 5) is 12.0. The predicted octanol–water partition coefficient (Wildman–Crippen LogP) is 3.87. The zero-order valence-corrected chi connectivity index (χ0v) is 13.3. The van der Waals surface area contributed by atoms with E-state index in [0.717, 1.165) is 34.8 Å². The van der Waals surface area contributed by atoms with Crippen LogP contribution in [0.1, 0.15) is 43.2 Å². The smallest absolute Gasteiger partial charge is 0.225 e. The van der Waals surface area contributed by atoms with Gasteiger partial charge in [0.25, 0.3) is 0 Å². The molecule has 0 spiro atoms. The summed E-state index contributed by atoms with van der Waals surface area (Å²) >= 11 is 1.59. The molecular formula is C17H20N2OS. The summed E-state index contributed by atoms with van der Waals surface area (Å²) in [6, 6.07) is 10.3. The van der Waals surface area contributed by atoms with Gasteiger partial charge in [-0.15, -0.1) is 11.8 Å². The van der Waals surface area contributed by atoms with Gasteiger partial charge >= 0.3 is 0 Å². The Morgan fingerprint density at radius 1 is 1.43 bits per heavy atom. The van der Waals surface area contributed by atoms with E-state index in [0.29, 0.717) is 12.0 Å². The summed E-state index contributed by atoms with van der Waals surface area (Å²) in [5.41, 5.74) is 2.91. The molecule has 0 aromatic heterocycles. The molecule has 110 valence electrons. The number of benzene rings is 1. The molecule has 1 aliphatic heterocycles. The van der Waals surface area contributed by atoms with E-state index in [1.165, 1.54) is 0 Å². The van der Waals surface area contributed by atoms with E-state index in [9.17, 15) is 10.1 Å². The van der Waals surface area contributed by atoms with Crippen LogP contribution >= 0.6 is 11.8 Å². The van der Waals surface area contributed by atoms with Crippen LogP contribution in [0.4, 0.5) is 0 Å². The normalized spacial score (nSPS) is 18.3. The number of nitriles is 1. The number of carbonyl (C=O) groups excluding carboxylic acids is 1. The van der Waals surface area contributed by atoms with Gasteiger partial charge in [-0.3, -0.25) is 4.79 Å². The monoisotopic (exact) mass is 300 g/mol. The van der Waals surface area contributed by atoms with Crippen molar-refractivity contribution in [2.75, 3.05) is 5.75 Å². The third-order valence-corrected chi connectivity index (χ3v) is 4.77. The number of rotatable bonds is 5. The van der Waals surface area contributed by atoms with E-state index in [1.54, 1.807) is 11.8 Å². The average Bonchev–Trinajstić information content (AvgIpc) is 2.47. The van der Waals surface area contributed by atoms with Crippen LogP contribution < -0.4 is 5.32 Å². The number of nitrogens with zero attached hydrogens (tertiary/aromatic N) is 1. The van der Waals surface area contributed by atoms with Crippen molar-refractivity contribution in [3.8, 4) is 6.07 Å². The van der Waals surface area contributed by atoms with Gasteiger partial charge in [0.2, 0.25) is 5.91 Å². The molecule has 0 unspecified atom stereocenters. The van der Waals surface area contributed by atoms with Gasteiger partial charge in [0.15, 0.2) is 0 Å². The first kappa shape index (κ1) is 15.7. The van der Waals surface area contributed by atoms with E-state index in [2.05, 4.69) is 18.3 Å². The molecule has 3 nitrogen and oxygen atoms in total. The first-order chi connectivity index (χ1) is 10.2. The zero-order chi connectivity index (χ0) is 15.2. The van der Waals surface area contributed by atoms with Gasteiger partial charge in [-0.2, -0.15) is 5.26 Å². The topological polar surface area (TPSA) is 52.9 Å². The van der Waals surface area contributed by atoms with Crippen molar-refractivity contribution in [1.29, 1.82) is 5.26 Å². The summed E-state index contributed by atoms with van der Waals surface area (Å²) in [5, 5.41) is 13.2. The summed E-state index contributed by atoms with van der Waals surface area (Å²) in [6.45, 7) is 4.16. The van der Waals surface area contributed by atoms with Crippen LogP contribution in [0.5, 0.6) is 0 Å². The molecule has 0 saturated carbocycles. The Labute approximate surface area is 130 Å². The van der Waals surface area contributed by atoms with Crippen LogP contribution in [0.25, 0.3) is 0 Å². The molecule has 1 amide bonds. The first-order valence-electron chi connectivity index (χ1n) is 7.29. The maximum atomic E-state index is 12.0. The van der Waals surface area contributed by atoms with Crippen molar-refractivity contribution in [3.05, 3.63) is 46.0 Å². The Bertz CT molecular complexity index is 601. The van der Waals surface area contributed by atoms with Gasteiger partial charge in [-0.25, -0.2) is 0 Å². The molecule has 0 radical (unpaired) electrons. The van der Waals surface area contributed by atoms with Crippen molar-refractivity contribution in [3.63, 3.8) is 0 Å². The van der Waals surface area contributed by atoms with Gasteiger partial charge in [0, 0.05) is 12.3 Å². The molecule has 2 rings (SSSR count). The molecule has 1 atom stereocenters. The van der Waals surface area contributed by atoms with E-state index >= 15 is 0 Å². The lowest BCUT2D eigenvalue weighted by molar-refractivity contribution is -0.120. The molecule has 1 aromatic rings. The SMILES string of the molecule is CCCCSC1=C(C#N)[C@@H](c2ccccc2C)CC(=O)N1. The zero-order valence-electron chi connectivity index (χ0n) is 12.5. The van der Waals surface area contributed by atoms with Gasteiger partial charge in [0.1, 0.15) is 0 Å². The van der Waals surface area contributed by atoms with Crippen molar-refractivity contribution in [1.82, 2.24) is 5.32 Å². The molecule has 0 bridgehead atoms. The Morgan fingerprint density at radius 3 is 2.86 bits per heavy atom. The van der Waals surface area contributed by atoms with E-state index in [4.69, 9.17) is 0 Å². The highest BCUT2D eigenvalue weighted by molar-refractivity contribution is 8.03. The summed E-state index contributed by atoms with van der Waals surface area (Å²) in [6.07, 6.45) is 2.54. The lowest BCUT2D eigenvalue weighted by atomic mass is 9.85. The molecule has 4 heteroatoms. The second kappa shape index (κ2) is 7.33. The largest absolute Gasteiger partial charge is 0.320 e. The van der Waals surface area contributed by atoms with Crippen LogP contribution in [0.2, 0.25) is 0 Å². The van der Waals surface area contributed by atoms with E-state index in [-0.39, 0.29) is 11.8 Å². The third kappa shape index (κ3) is 3.68. The number of hydrogen-bond acceptors (Lipinski definition) is 3. The Balaban J connectivity index is 2.35. The number of hydrogen-bond donors (Lipinski definition) is 1. The van der Waals surface area contributed by atoms with E-state index < -0.39 is 0 Å². The fraction of sp³-hybridized carbons (Fsp3) is 0.412. The van der Waals surface area contributed by atoms with Crippen molar-refractivity contribution in [2.45, 2.75) is 39.0 Å². The molecule has 21 heavy (non-hydrogen) atoms. The summed E-state index contributed by atoms with van der Waals surface area (Å²) < 4.78 is 0. The highest BCUT2D eigenvalue weighted by Crippen LogP contribution is 2.37. The fourth-order valence-corrected chi connectivity index (χ4v) is 3.66. The van der Waals surface area contributed by atoms with Crippen molar-refractivity contribution < 1.29 is 4.79 Å². The summed E-state index contributed by atoms with van der Waals surface area (Å²) in [7, 11) is 0. The van der Waals surface area contributed by atoms with Gasteiger partial charge in [0.05, 0.1) is 16.7 Å². The molecule has 1 aliphatic rings. The second-order valence-electron chi connectivity index (χ2n) is 5.22. The van der Waals surface area contributed by atoms with Crippen LogP contribution in [0.15, 0.2) is 34.9 Å². The lowest BCUT2D eigenvalue weighted by Gasteiger charge is -2.26. The number of aryl methyl sites for hydroxylation is 1. The van der Waals surface area contributed by atoms with Gasteiger partial charge in [-0.1, -0.05) is 37.6 Å². The summed E-state index contributed by atoms with van der Waals surface area (Å²) in [5.74, 6) is 0.813. The minimum Gasteiger partial charge on any atom is -0.320 e. The maximum absolute atomic E-state index is 12.0.